The molecule has 1 rings (SSSR count). The molecular weight excluding hydrogens is 117 g/mol. The number of pyridine rings is 1. The van der Waals surface area contributed by atoms with Crippen LogP contribution in [0.5, 0.6) is 0 Å². The first-order valence-electron chi connectivity index (χ1n) is 3.52. The summed E-state index contributed by atoms with van der Waals surface area (Å²) in [5.74, 6) is 0. The third kappa shape index (κ3) is 1.87. The molecule has 0 radical (unpaired) electrons. The topological polar surface area (TPSA) is 12.9 Å². The van der Waals surface area contributed by atoms with E-state index in [0.29, 0.717) is 0 Å². The van der Waals surface area contributed by atoms with Crippen molar-refractivity contribution in [2.24, 2.45) is 0 Å². The summed E-state index contributed by atoms with van der Waals surface area (Å²) >= 11 is 2.16. The summed E-state index contributed by atoms with van der Waals surface area (Å²) in [6.07, 6.45) is 1.83. The Morgan fingerprint density at radius 1 is 1.40 bits per heavy atom. The molecule has 0 aliphatic carbocycles. The van der Waals surface area contributed by atoms with Crippen LogP contribution in [0.15, 0.2) is 24.4 Å². The Hall–Kier alpha value is -0.253. The summed E-state index contributed by atoms with van der Waals surface area (Å²) in [4.78, 5) is 4.25. The SMILES string of the molecule is [Li][C](C)(C)c1ccccn1. The fourth-order valence-electron chi connectivity index (χ4n) is 0.806. The molecule has 1 heterocycles. The van der Waals surface area contributed by atoms with Crippen LogP contribution in [0.25, 0.3) is 0 Å². The zero-order valence-electron chi connectivity index (χ0n) is 6.76. The van der Waals surface area contributed by atoms with Crippen molar-refractivity contribution in [3.8, 4) is 0 Å². The van der Waals surface area contributed by atoms with E-state index in [1.54, 1.807) is 0 Å². The van der Waals surface area contributed by atoms with Crippen molar-refractivity contribution in [2.75, 3.05) is 0 Å². The molecule has 1 nitrogen and oxygen atoms in total. The van der Waals surface area contributed by atoms with Crippen LogP contribution in [0, 0.1) is 0 Å². The van der Waals surface area contributed by atoms with Crippen LogP contribution in [-0.4, -0.2) is 22.7 Å². The molecule has 1 aromatic rings. The summed E-state index contributed by atoms with van der Waals surface area (Å²) in [5.41, 5.74) is 1.15. The second-order valence-corrected chi connectivity index (χ2v) is 3.46. The Morgan fingerprint density at radius 2 is 2.10 bits per heavy atom. The average molecular weight is 127 g/mol. The molecule has 10 heavy (non-hydrogen) atoms. The summed E-state index contributed by atoms with van der Waals surface area (Å²) < 4.78 is 0.182. The molecule has 0 amide bonds. The van der Waals surface area contributed by atoms with Gasteiger partial charge in [0, 0.05) is 0 Å². The van der Waals surface area contributed by atoms with Crippen molar-refractivity contribution >= 4 is 17.7 Å². The molecule has 0 saturated heterocycles. The summed E-state index contributed by atoms with van der Waals surface area (Å²) in [7, 11) is 0. The van der Waals surface area contributed by atoms with Crippen molar-refractivity contribution in [3.05, 3.63) is 30.1 Å². The van der Waals surface area contributed by atoms with Gasteiger partial charge in [0.1, 0.15) is 0 Å². The van der Waals surface area contributed by atoms with E-state index in [2.05, 4.69) is 42.6 Å². The van der Waals surface area contributed by atoms with Gasteiger partial charge in [-0.05, 0) is 0 Å². The predicted octanol–water partition coefficient (Wildman–Crippen LogP) is 1.49. The Kier molecular flexibility index (Phi) is 2.18. The number of aromatic nitrogens is 1. The van der Waals surface area contributed by atoms with E-state index in [-0.39, 0.29) is 4.09 Å². The van der Waals surface area contributed by atoms with Crippen LogP contribution in [0.3, 0.4) is 0 Å². The molecule has 0 atom stereocenters. The van der Waals surface area contributed by atoms with E-state index >= 15 is 0 Å². The van der Waals surface area contributed by atoms with Gasteiger partial charge in [0.25, 0.3) is 0 Å². The Morgan fingerprint density at radius 3 is 2.40 bits per heavy atom. The van der Waals surface area contributed by atoms with Crippen molar-refractivity contribution in [3.63, 3.8) is 0 Å². The molecule has 48 valence electrons. The molecule has 2 heteroatoms. The fraction of sp³-hybridized carbons (Fsp3) is 0.375. The van der Waals surface area contributed by atoms with Crippen LogP contribution >= 0.6 is 0 Å². The molecule has 0 aliphatic heterocycles. The normalized spacial score (nSPS) is 11.6. The van der Waals surface area contributed by atoms with Crippen LogP contribution in [-0.2, 0) is 4.09 Å². The van der Waals surface area contributed by atoms with Crippen molar-refractivity contribution in [1.29, 1.82) is 0 Å². The first kappa shape index (κ1) is 7.85. The van der Waals surface area contributed by atoms with E-state index in [9.17, 15) is 0 Å². The molecule has 0 aliphatic rings. The van der Waals surface area contributed by atoms with E-state index in [1.807, 2.05) is 18.3 Å². The number of nitrogens with zero attached hydrogens (tertiary/aromatic N) is 1. The van der Waals surface area contributed by atoms with Gasteiger partial charge < -0.3 is 0 Å². The number of hydrogen-bond donors (Lipinski definition) is 0. The maximum absolute atomic E-state index is 4.25. The number of hydrogen-bond acceptors (Lipinski definition) is 1. The Labute approximate surface area is 71.1 Å². The Bertz CT molecular complexity index is 200. The first-order valence-corrected chi connectivity index (χ1v) is 3.52. The molecule has 0 bridgehead atoms. The molecular formula is C8H10LiN. The second-order valence-electron chi connectivity index (χ2n) is 3.46. The van der Waals surface area contributed by atoms with Gasteiger partial charge in [0.2, 0.25) is 0 Å². The van der Waals surface area contributed by atoms with Gasteiger partial charge in [-0.3, -0.25) is 0 Å². The van der Waals surface area contributed by atoms with Crippen LogP contribution in [0.4, 0.5) is 0 Å². The molecule has 0 spiro atoms. The van der Waals surface area contributed by atoms with E-state index in [4.69, 9.17) is 0 Å². The Balaban J connectivity index is 2.97. The van der Waals surface area contributed by atoms with E-state index in [0.717, 1.165) is 5.69 Å². The van der Waals surface area contributed by atoms with Gasteiger partial charge in [-0.2, -0.15) is 0 Å². The zero-order chi connectivity index (χ0) is 7.61. The molecule has 0 N–H and O–H groups in total. The van der Waals surface area contributed by atoms with Crippen LogP contribution in [0.1, 0.15) is 19.5 Å². The summed E-state index contributed by atoms with van der Waals surface area (Å²) in [6.45, 7) is 4.32. The van der Waals surface area contributed by atoms with E-state index < -0.39 is 0 Å². The molecule has 0 unspecified atom stereocenters. The van der Waals surface area contributed by atoms with Crippen LogP contribution < -0.4 is 0 Å². The fourth-order valence-corrected chi connectivity index (χ4v) is 0.806. The standard InChI is InChI=1S/C8H10N.Li/c1-7(2)8-5-3-4-6-9-8;/h3-6H,1-2H3;. The minimum absolute atomic E-state index is 0.182. The van der Waals surface area contributed by atoms with Gasteiger partial charge in [-0.1, -0.05) is 0 Å². The first-order chi connectivity index (χ1) is 4.61. The van der Waals surface area contributed by atoms with Crippen molar-refractivity contribution in [2.45, 2.75) is 17.9 Å². The average Bonchev–Trinajstić information content (AvgIpc) is 1.88. The summed E-state index contributed by atoms with van der Waals surface area (Å²) in [6, 6.07) is 6.02. The van der Waals surface area contributed by atoms with Gasteiger partial charge in [0.15, 0.2) is 0 Å². The quantitative estimate of drug-likeness (QED) is 0.521. The predicted molar refractivity (Wildman–Crippen MR) is 43.0 cm³/mol. The third-order valence-corrected chi connectivity index (χ3v) is 1.43. The van der Waals surface area contributed by atoms with Crippen molar-refractivity contribution < 1.29 is 0 Å². The summed E-state index contributed by atoms with van der Waals surface area (Å²) in [5, 5.41) is 0. The minimum atomic E-state index is 0.182. The monoisotopic (exact) mass is 127 g/mol. The number of rotatable bonds is 1. The molecule has 0 saturated carbocycles. The van der Waals surface area contributed by atoms with Crippen LogP contribution in [0.2, 0.25) is 0 Å². The molecule has 0 aromatic carbocycles. The molecule has 1 aromatic heterocycles. The van der Waals surface area contributed by atoms with Gasteiger partial charge in [-0.25, -0.2) is 0 Å². The molecule has 0 fully saturated rings. The second kappa shape index (κ2) is 2.78. The van der Waals surface area contributed by atoms with Gasteiger partial charge in [0.05, 0.1) is 0 Å². The van der Waals surface area contributed by atoms with E-state index in [1.165, 1.54) is 0 Å². The van der Waals surface area contributed by atoms with Gasteiger partial charge >= 0.3 is 70.7 Å². The third-order valence-electron chi connectivity index (χ3n) is 1.43. The van der Waals surface area contributed by atoms with Crippen molar-refractivity contribution in [1.82, 2.24) is 4.98 Å². The maximum atomic E-state index is 4.25. The van der Waals surface area contributed by atoms with Gasteiger partial charge in [-0.15, -0.1) is 0 Å². The zero-order valence-corrected chi connectivity index (χ0v) is 6.76.